The molecular weight excluding hydrogens is 370 g/mol. The van der Waals surface area contributed by atoms with Crippen molar-refractivity contribution in [2.24, 2.45) is 0 Å². The van der Waals surface area contributed by atoms with E-state index in [4.69, 9.17) is 4.74 Å². The van der Waals surface area contributed by atoms with E-state index in [1.165, 1.54) is 17.4 Å². The van der Waals surface area contributed by atoms with E-state index in [2.05, 4.69) is 10.3 Å². The number of rotatable bonds is 7. The van der Waals surface area contributed by atoms with Crippen LogP contribution < -0.4 is 10.1 Å². The summed E-state index contributed by atoms with van der Waals surface area (Å²) in [5.41, 5.74) is 2.06. The Balaban J connectivity index is 1.47. The van der Waals surface area contributed by atoms with E-state index in [0.717, 1.165) is 23.4 Å². The van der Waals surface area contributed by atoms with E-state index in [1.54, 1.807) is 5.38 Å². The van der Waals surface area contributed by atoms with Crippen LogP contribution in [0.4, 0.5) is 13.9 Å². The second kappa shape index (κ2) is 8.73. The molecule has 0 fully saturated rings. The minimum atomic E-state index is -0.931. The van der Waals surface area contributed by atoms with Crippen molar-refractivity contribution in [3.8, 4) is 17.0 Å². The van der Waals surface area contributed by atoms with Gasteiger partial charge in [0.1, 0.15) is 5.75 Å². The number of carbonyl (C=O) groups is 1. The molecule has 140 valence electrons. The summed E-state index contributed by atoms with van der Waals surface area (Å²) in [5.74, 6) is -1.23. The number of hydrogen-bond donors (Lipinski definition) is 1. The van der Waals surface area contributed by atoms with Crippen LogP contribution >= 0.6 is 11.3 Å². The Kier molecular flexibility index (Phi) is 6.13. The van der Waals surface area contributed by atoms with Gasteiger partial charge in [-0.25, -0.2) is 13.8 Å². The number of thiazole rings is 1. The standard InChI is InChI=1S/C20H18F2N2O2S/c1-13-4-2-5-15(10-13)26-9-3-6-19(25)24-20-23-18(12-27-20)14-7-8-16(21)17(22)11-14/h2,4-5,7-8,10-12H,3,6,9H2,1H3,(H,23,24,25). The fourth-order valence-electron chi connectivity index (χ4n) is 2.43. The Bertz CT molecular complexity index is 943. The third-order valence-corrected chi connectivity index (χ3v) is 4.53. The van der Waals surface area contributed by atoms with Gasteiger partial charge in [0.05, 0.1) is 12.3 Å². The van der Waals surface area contributed by atoms with E-state index >= 15 is 0 Å². The summed E-state index contributed by atoms with van der Waals surface area (Å²) in [6, 6.07) is 11.3. The second-order valence-corrected chi connectivity index (χ2v) is 6.84. The van der Waals surface area contributed by atoms with Crippen molar-refractivity contribution in [2.75, 3.05) is 11.9 Å². The van der Waals surface area contributed by atoms with Gasteiger partial charge in [-0.15, -0.1) is 11.3 Å². The maximum absolute atomic E-state index is 13.3. The molecule has 1 N–H and O–H groups in total. The molecule has 27 heavy (non-hydrogen) atoms. The van der Waals surface area contributed by atoms with Gasteiger partial charge in [0.2, 0.25) is 5.91 Å². The molecule has 4 nitrogen and oxygen atoms in total. The number of benzene rings is 2. The van der Waals surface area contributed by atoms with Crippen LogP contribution in [-0.2, 0) is 4.79 Å². The Morgan fingerprint density at radius 2 is 2.04 bits per heavy atom. The first-order chi connectivity index (χ1) is 13.0. The molecule has 3 aromatic rings. The Labute approximate surface area is 159 Å². The van der Waals surface area contributed by atoms with Gasteiger partial charge in [0, 0.05) is 17.4 Å². The van der Waals surface area contributed by atoms with E-state index in [-0.39, 0.29) is 5.91 Å². The molecule has 1 aromatic heterocycles. The minimum Gasteiger partial charge on any atom is -0.494 e. The van der Waals surface area contributed by atoms with Crippen LogP contribution in [0.1, 0.15) is 18.4 Å². The molecular formula is C20H18F2N2O2S. The third-order valence-electron chi connectivity index (χ3n) is 3.77. The van der Waals surface area contributed by atoms with Crippen LogP contribution in [0.5, 0.6) is 5.75 Å². The van der Waals surface area contributed by atoms with Crippen LogP contribution in [0, 0.1) is 18.6 Å². The molecule has 3 rings (SSSR count). The summed E-state index contributed by atoms with van der Waals surface area (Å²) in [4.78, 5) is 16.3. The Hall–Kier alpha value is -2.80. The maximum atomic E-state index is 13.3. The first kappa shape index (κ1) is 19.0. The molecule has 0 aliphatic carbocycles. The zero-order chi connectivity index (χ0) is 19.2. The summed E-state index contributed by atoms with van der Waals surface area (Å²) in [6.07, 6.45) is 0.868. The SMILES string of the molecule is Cc1cccc(OCCCC(=O)Nc2nc(-c3ccc(F)c(F)c3)cs2)c1. The van der Waals surface area contributed by atoms with Gasteiger partial charge in [-0.3, -0.25) is 4.79 Å². The molecule has 0 unspecified atom stereocenters. The lowest BCUT2D eigenvalue weighted by molar-refractivity contribution is -0.116. The van der Waals surface area contributed by atoms with Crippen molar-refractivity contribution in [1.29, 1.82) is 0 Å². The summed E-state index contributed by atoms with van der Waals surface area (Å²) in [5, 5.41) is 4.81. The predicted molar refractivity (Wildman–Crippen MR) is 102 cm³/mol. The van der Waals surface area contributed by atoms with Gasteiger partial charge in [-0.05, 0) is 49.2 Å². The first-order valence-electron chi connectivity index (χ1n) is 8.41. The average Bonchev–Trinajstić information content (AvgIpc) is 3.09. The van der Waals surface area contributed by atoms with Gasteiger partial charge in [-0.2, -0.15) is 0 Å². The van der Waals surface area contributed by atoms with Crippen molar-refractivity contribution < 1.29 is 18.3 Å². The number of aryl methyl sites for hydroxylation is 1. The third kappa shape index (κ3) is 5.34. The van der Waals surface area contributed by atoms with Gasteiger partial charge < -0.3 is 10.1 Å². The van der Waals surface area contributed by atoms with Crippen molar-refractivity contribution in [1.82, 2.24) is 4.98 Å². The summed E-state index contributed by atoms with van der Waals surface area (Å²) in [6.45, 7) is 2.43. The van der Waals surface area contributed by atoms with Crippen LogP contribution in [0.2, 0.25) is 0 Å². The predicted octanol–water partition coefficient (Wildman–Crippen LogP) is 5.19. The van der Waals surface area contributed by atoms with Gasteiger partial charge in [-0.1, -0.05) is 12.1 Å². The topological polar surface area (TPSA) is 51.2 Å². The average molecular weight is 388 g/mol. The van der Waals surface area contributed by atoms with Crippen LogP contribution in [0.25, 0.3) is 11.3 Å². The smallest absolute Gasteiger partial charge is 0.226 e. The van der Waals surface area contributed by atoms with Crippen LogP contribution in [0.3, 0.4) is 0 Å². The molecule has 0 radical (unpaired) electrons. The number of carbonyl (C=O) groups excluding carboxylic acids is 1. The van der Waals surface area contributed by atoms with Crippen molar-refractivity contribution in [2.45, 2.75) is 19.8 Å². The molecule has 0 saturated heterocycles. The molecule has 0 atom stereocenters. The molecule has 0 bridgehead atoms. The van der Waals surface area contributed by atoms with E-state index in [0.29, 0.717) is 35.8 Å². The van der Waals surface area contributed by atoms with E-state index in [1.807, 2.05) is 31.2 Å². The van der Waals surface area contributed by atoms with Crippen molar-refractivity contribution in [3.63, 3.8) is 0 Å². The number of hydrogen-bond acceptors (Lipinski definition) is 4. The van der Waals surface area contributed by atoms with Crippen molar-refractivity contribution >= 4 is 22.4 Å². The van der Waals surface area contributed by atoms with Crippen LogP contribution in [-0.4, -0.2) is 17.5 Å². The lowest BCUT2D eigenvalue weighted by atomic mass is 10.2. The number of anilines is 1. The quantitative estimate of drug-likeness (QED) is 0.567. The van der Waals surface area contributed by atoms with Crippen molar-refractivity contribution in [3.05, 3.63) is 65.0 Å². The summed E-state index contributed by atoms with van der Waals surface area (Å²) < 4.78 is 31.9. The Morgan fingerprint density at radius 3 is 2.81 bits per heavy atom. The zero-order valence-electron chi connectivity index (χ0n) is 14.7. The number of amides is 1. The lowest BCUT2D eigenvalue weighted by Gasteiger charge is -2.06. The number of nitrogens with zero attached hydrogens (tertiary/aromatic N) is 1. The number of ether oxygens (including phenoxy) is 1. The second-order valence-electron chi connectivity index (χ2n) is 5.98. The molecule has 1 heterocycles. The molecule has 0 aliphatic heterocycles. The normalized spacial score (nSPS) is 10.6. The summed E-state index contributed by atoms with van der Waals surface area (Å²) >= 11 is 1.23. The highest BCUT2D eigenvalue weighted by atomic mass is 32.1. The molecule has 7 heteroatoms. The maximum Gasteiger partial charge on any atom is 0.226 e. The zero-order valence-corrected chi connectivity index (χ0v) is 15.5. The van der Waals surface area contributed by atoms with Crippen LogP contribution in [0.15, 0.2) is 47.8 Å². The van der Waals surface area contributed by atoms with Gasteiger partial charge >= 0.3 is 0 Å². The first-order valence-corrected chi connectivity index (χ1v) is 9.29. The fraction of sp³-hybridized carbons (Fsp3) is 0.200. The highest BCUT2D eigenvalue weighted by molar-refractivity contribution is 7.14. The largest absolute Gasteiger partial charge is 0.494 e. The Morgan fingerprint density at radius 1 is 1.19 bits per heavy atom. The fourth-order valence-corrected chi connectivity index (χ4v) is 3.16. The molecule has 0 saturated carbocycles. The minimum absolute atomic E-state index is 0.172. The monoisotopic (exact) mass is 388 g/mol. The molecule has 0 aliphatic rings. The molecule has 2 aromatic carbocycles. The number of halogens is 2. The molecule has 1 amide bonds. The van der Waals surface area contributed by atoms with Gasteiger partial charge in [0.15, 0.2) is 16.8 Å². The highest BCUT2D eigenvalue weighted by Crippen LogP contribution is 2.26. The number of aromatic nitrogens is 1. The molecule has 0 spiro atoms. The van der Waals surface area contributed by atoms with E-state index in [9.17, 15) is 13.6 Å². The summed E-state index contributed by atoms with van der Waals surface area (Å²) in [7, 11) is 0. The highest BCUT2D eigenvalue weighted by Gasteiger charge is 2.10. The van der Waals surface area contributed by atoms with Gasteiger partial charge in [0.25, 0.3) is 0 Å². The lowest BCUT2D eigenvalue weighted by Crippen LogP contribution is -2.12. The van der Waals surface area contributed by atoms with E-state index < -0.39 is 11.6 Å². The number of nitrogens with one attached hydrogen (secondary N) is 1.